The number of methoxy groups -OCH3 is 1. The minimum atomic E-state index is -0.433. The van der Waals surface area contributed by atoms with Gasteiger partial charge >= 0.3 is 0 Å². The van der Waals surface area contributed by atoms with Crippen molar-refractivity contribution in [3.8, 4) is 16.9 Å². The number of halogens is 2. The third kappa shape index (κ3) is 2.31. The topological polar surface area (TPSA) is 9.23 Å². The molecule has 0 aliphatic rings. The second kappa shape index (κ2) is 5.81. The number of ether oxygens (including phenoxy) is 1. The van der Waals surface area contributed by atoms with Gasteiger partial charge in [-0.05, 0) is 39.7 Å². The monoisotopic (exact) mass is 336 g/mol. The van der Waals surface area contributed by atoms with Crippen molar-refractivity contribution >= 4 is 33.1 Å². The Balaban J connectivity index is 2.07. The Bertz CT molecular complexity index is 1070. The van der Waals surface area contributed by atoms with Crippen LogP contribution in [0, 0.1) is 5.82 Å². The van der Waals surface area contributed by atoms with Crippen molar-refractivity contribution in [1.29, 1.82) is 0 Å². The Hall–Kier alpha value is -2.58. The van der Waals surface area contributed by atoms with Crippen molar-refractivity contribution in [2.24, 2.45) is 0 Å². The fourth-order valence-electron chi connectivity index (χ4n) is 3.13. The molecule has 3 heteroatoms. The quantitative estimate of drug-likeness (QED) is 0.382. The Labute approximate surface area is 144 Å². The zero-order valence-electron chi connectivity index (χ0n) is 13.0. The molecular weight excluding hydrogens is 323 g/mol. The Morgan fingerprint density at radius 1 is 0.792 bits per heavy atom. The van der Waals surface area contributed by atoms with Crippen LogP contribution in [0.25, 0.3) is 32.7 Å². The largest absolute Gasteiger partial charge is 0.496 e. The lowest BCUT2D eigenvalue weighted by molar-refractivity contribution is 0.417. The molecule has 0 bridgehead atoms. The molecular formula is C21H14ClFO. The van der Waals surface area contributed by atoms with Crippen molar-refractivity contribution in [1.82, 2.24) is 0 Å². The third-order valence-electron chi connectivity index (χ3n) is 4.31. The molecule has 0 aliphatic heterocycles. The minimum absolute atomic E-state index is 0.105. The predicted molar refractivity (Wildman–Crippen MR) is 98.4 cm³/mol. The number of hydrogen-bond acceptors (Lipinski definition) is 1. The first kappa shape index (κ1) is 15.0. The van der Waals surface area contributed by atoms with Crippen LogP contribution in [0.5, 0.6) is 5.75 Å². The molecule has 4 rings (SSSR count). The highest BCUT2D eigenvalue weighted by molar-refractivity contribution is 6.31. The maximum Gasteiger partial charge on any atom is 0.149 e. The van der Waals surface area contributed by atoms with E-state index in [0.717, 1.165) is 21.5 Å². The van der Waals surface area contributed by atoms with Crippen LogP contribution < -0.4 is 4.74 Å². The van der Waals surface area contributed by atoms with Gasteiger partial charge in [-0.15, -0.1) is 0 Å². The molecule has 0 fully saturated rings. The van der Waals surface area contributed by atoms with E-state index in [-0.39, 0.29) is 5.02 Å². The summed E-state index contributed by atoms with van der Waals surface area (Å²) in [6, 6.07) is 21.2. The predicted octanol–water partition coefficient (Wildman–Crippen LogP) is 6.46. The molecule has 0 atom stereocenters. The molecule has 0 radical (unpaired) electrons. The van der Waals surface area contributed by atoms with Gasteiger partial charge in [-0.2, -0.15) is 0 Å². The van der Waals surface area contributed by atoms with Crippen molar-refractivity contribution in [3.63, 3.8) is 0 Å². The van der Waals surface area contributed by atoms with E-state index in [1.165, 1.54) is 0 Å². The number of benzene rings is 4. The van der Waals surface area contributed by atoms with Crippen molar-refractivity contribution in [3.05, 3.63) is 77.6 Å². The van der Waals surface area contributed by atoms with E-state index in [1.807, 2.05) is 30.3 Å². The fourth-order valence-corrected chi connectivity index (χ4v) is 3.30. The standard InChI is InChI=1S/C21H14ClFO/c1-24-20-12-17-14(10-9-13-5-2-3-6-15(13)17)11-18(20)16-7-4-8-19(22)21(16)23/h2-12H,1H3. The van der Waals surface area contributed by atoms with Crippen molar-refractivity contribution in [2.75, 3.05) is 7.11 Å². The van der Waals surface area contributed by atoms with E-state index in [4.69, 9.17) is 16.3 Å². The van der Waals surface area contributed by atoms with Crippen molar-refractivity contribution in [2.45, 2.75) is 0 Å². The summed E-state index contributed by atoms with van der Waals surface area (Å²) >= 11 is 5.94. The van der Waals surface area contributed by atoms with Gasteiger partial charge in [0.1, 0.15) is 11.6 Å². The first-order chi connectivity index (χ1) is 11.7. The molecule has 24 heavy (non-hydrogen) atoms. The first-order valence-corrected chi connectivity index (χ1v) is 8.01. The lowest BCUT2D eigenvalue weighted by Gasteiger charge is -2.13. The average Bonchev–Trinajstić information content (AvgIpc) is 2.63. The fraction of sp³-hybridized carbons (Fsp3) is 0.0476. The maximum atomic E-state index is 14.5. The second-order valence-electron chi connectivity index (χ2n) is 5.66. The molecule has 4 aromatic carbocycles. The van der Waals surface area contributed by atoms with Gasteiger partial charge in [0.15, 0.2) is 0 Å². The molecule has 0 heterocycles. The van der Waals surface area contributed by atoms with Gasteiger partial charge in [-0.25, -0.2) is 4.39 Å². The SMILES string of the molecule is COc1cc2c(ccc3ccccc32)cc1-c1cccc(Cl)c1F. The van der Waals surface area contributed by atoms with Gasteiger partial charge in [0.2, 0.25) is 0 Å². The highest BCUT2D eigenvalue weighted by atomic mass is 35.5. The summed E-state index contributed by atoms with van der Waals surface area (Å²) in [5, 5.41) is 4.52. The van der Waals surface area contributed by atoms with Gasteiger partial charge in [-0.1, -0.05) is 60.1 Å². The molecule has 4 aromatic rings. The van der Waals surface area contributed by atoms with E-state index in [2.05, 4.69) is 18.2 Å². The number of fused-ring (bicyclic) bond motifs is 3. The summed E-state index contributed by atoms with van der Waals surface area (Å²) < 4.78 is 20.0. The summed E-state index contributed by atoms with van der Waals surface area (Å²) in [5.74, 6) is 0.192. The zero-order valence-corrected chi connectivity index (χ0v) is 13.8. The van der Waals surface area contributed by atoms with Gasteiger partial charge in [-0.3, -0.25) is 0 Å². The average molecular weight is 337 g/mol. The molecule has 0 unspecified atom stereocenters. The molecule has 118 valence electrons. The summed E-state index contributed by atoms with van der Waals surface area (Å²) in [5.41, 5.74) is 1.13. The molecule has 0 aromatic heterocycles. The van der Waals surface area contributed by atoms with Crippen LogP contribution in [0.15, 0.2) is 66.7 Å². The Morgan fingerprint density at radius 2 is 1.58 bits per heavy atom. The molecule has 0 saturated heterocycles. The van der Waals surface area contributed by atoms with E-state index < -0.39 is 5.82 Å². The van der Waals surface area contributed by atoms with E-state index in [0.29, 0.717) is 16.9 Å². The third-order valence-corrected chi connectivity index (χ3v) is 4.60. The lowest BCUT2D eigenvalue weighted by Crippen LogP contribution is -1.92. The van der Waals surface area contributed by atoms with Crippen LogP contribution in [0.2, 0.25) is 5.02 Å². The van der Waals surface area contributed by atoms with Crippen LogP contribution in [0.3, 0.4) is 0 Å². The summed E-state index contributed by atoms with van der Waals surface area (Å²) in [6.45, 7) is 0. The highest BCUT2D eigenvalue weighted by Crippen LogP contribution is 2.39. The van der Waals surface area contributed by atoms with E-state index in [1.54, 1.807) is 25.3 Å². The van der Waals surface area contributed by atoms with Crippen LogP contribution >= 0.6 is 11.6 Å². The van der Waals surface area contributed by atoms with Crippen molar-refractivity contribution < 1.29 is 9.13 Å². The second-order valence-corrected chi connectivity index (χ2v) is 6.07. The lowest BCUT2D eigenvalue weighted by atomic mass is 9.96. The maximum absolute atomic E-state index is 14.5. The highest BCUT2D eigenvalue weighted by Gasteiger charge is 2.15. The number of rotatable bonds is 2. The van der Waals surface area contributed by atoms with Crippen LogP contribution in [0.4, 0.5) is 4.39 Å². The van der Waals surface area contributed by atoms with Gasteiger partial charge in [0.05, 0.1) is 12.1 Å². The summed E-state index contributed by atoms with van der Waals surface area (Å²) in [6.07, 6.45) is 0. The van der Waals surface area contributed by atoms with E-state index >= 15 is 0 Å². The minimum Gasteiger partial charge on any atom is -0.496 e. The summed E-state index contributed by atoms with van der Waals surface area (Å²) in [7, 11) is 1.60. The molecule has 1 nitrogen and oxygen atoms in total. The number of hydrogen-bond donors (Lipinski definition) is 0. The Morgan fingerprint density at radius 3 is 2.42 bits per heavy atom. The zero-order chi connectivity index (χ0) is 16.7. The molecule has 0 amide bonds. The van der Waals surface area contributed by atoms with Gasteiger partial charge in [0, 0.05) is 11.1 Å². The normalized spacial score (nSPS) is 11.1. The van der Waals surface area contributed by atoms with Crippen LogP contribution in [-0.4, -0.2) is 7.11 Å². The molecule has 0 N–H and O–H groups in total. The van der Waals surface area contributed by atoms with E-state index in [9.17, 15) is 4.39 Å². The van der Waals surface area contributed by atoms with Crippen LogP contribution in [0.1, 0.15) is 0 Å². The Kier molecular flexibility index (Phi) is 3.62. The first-order valence-electron chi connectivity index (χ1n) is 7.63. The van der Waals surface area contributed by atoms with Gasteiger partial charge < -0.3 is 4.74 Å². The smallest absolute Gasteiger partial charge is 0.149 e. The van der Waals surface area contributed by atoms with Crippen LogP contribution in [-0.2, 0) is 0 Å². The molecule has 0 spiro atoms. The van der Waals surface area contributed by atoms with Gasteiger partial charge in [0.25, 0.3) is 0 Å². The summed E-state index contributed by atoms with van der Waals surface area (Å²) in [4.78, 5) is 0. The molecule has 0 aliphatic carbocycles. The molecule has 0 saturated carbocycles.